The minimum Gasteiger partial charge on any atom is -0.381 e. The summed E-state index contributed by atoms with van der Waals surface area (Å²) >= 11 is 0. The molecule has 1 rings (SSSR count). The Bertz CT molecular complexity index is 509. The van der Waals surface area contributed by atoms with Gasteiger partial charge in [0.2, 0.25) is 0 Å². The smallest absolute Gasteiger partial charge is 0.381 e. The Kier molecular flexibility index (Phi) is 5.37. The van der Waals surface area contributed by atoms with E-state index in [1.54, 1.807) is 6.92 Å². The van der Waals surface area contributed by atoms with Gasteiger partial charge in [-0.15, -0.1) is 0 Å². The molecule has 0 unspecified atom stereocenters. The number of ether oxygens (including phenoxy) is 1. The number of rotatable bonds is 6. The van der Waals surface area contributed by atoms with Gasteiger partial charge in [-0.3, -0.25) is 0 Å². The van der Waals surface area contributed by atoms with Crippen LogP contribution in [0.2, 0.25) is 0 Å². The van der Waals surface area contributed by atoms with E-state index in [0.717, 1.165) is 12.1 Å². The van der Waals surface area contributed by atoms with Gasteiger partial charge in [0.15, 0.2) is 9.84 Å². The van der Waals surface area contributed by atoms with Crippen molar-refractivity contribution in [1.29, 1.82) is 0 Å². The van der Waals surface area contributed by atoms with E-state index in [2.05, 4.69) is 0 Å². The van der Waals surface area contributed by atoms with E-state index in [4.69, 9.17) is 4.74 Å². The zero-order valence-electron chi connectivity index (χ0n) is 10.4. The Morgan fingerprint density at radius 1 is 1.26 bits per heavy atom. The average molecular weight is 296 g/mol. The molecular weight excluding hydrogens is 281 g/mol. The van der Waals surface area contributed by atoms with Crippen LogP contribution in [-0.2, 0) is 26.5 Å². The van der Waals surface area contributed by atoms with Crippen LogP contribution < -0.4 is 0 Å². The fourth-order valence-electron chi connectivity index (χ4n) is 1.49. The molecule has 0 aromatic heterocycles. The highest BCUT2D eigenvalue weighted by Crippen LogP contribution is 2.29. The highest BCUT2D eigenvalue weighted by atomic mass is 32.2. The van der Waals surface area contributed by atoms with Gasteiger partial charge in [0.25, 0.3) is 0 Å². The summed E-state index contributed by atoms with van der Waals surface area (Å²) in [7, 11) is -3.46. The molecule has 0 N–H and O–H groups in total. The molecule has 0 atom stereocenters. The second-order valence-corrected chi connectivity index (χ2v) is 6.17. The molecule has 0 aliphatic rings. The molecule has 0 bridgehead atoms. The minimum absolute atomic E-state index is 0.0534. The lowest BCUT2D eigenvalue weighted by atomic mass is 10.1. The Morgan fingerprint density at radius 3 is 2.53 bits per heavy atom. The summed E-state index contributed by atoms with van der Waals surface area (Å²) in [6.45, 7) is 2.19. The van der Waals surface area contributed by atoms with Gasteiger partial charge in [-0.1, -0.05) is 18.2 Å². The highest BCUT2D eigenvalue weighted by Gasteiger charge is 2.30. The maximum absolute atomic E-state index is 12.5. The van der Waals surface area contributed by atoms with E-state index in [0.29, 0.717) is 6.61 Å². The van der Waals surface area contributed by atoms with Crippen LogP contribution in [0.4, 0.5) is 13.2 Å². The van der Waals surface area contributed by atoms with Gasteiger partial charge in [0.1, 0.15) is 0 Å². The third-order valence-electron chi connectivity index (χ3n) is 2.38. The Balaban J connectivity index is 2.77. The molecule has 0 heterocycles. The number of hydrogen-bond acceptors (Lipinski definition) is 3. The van der Waals surface area contributed by atoms with Crippen molar-refractivity contribution in [3.8, 4) is 0 Å². The number of halogens is 3. The SMILES string of the molecule is CCOCCS(=O)(=O)Cc1cccc(C(F)(F)F)c1. The monoisotopic (exact) mass is 296 g/mol. The van der Waals surface area contributed by atoms with Crippen LogP contribution in [0.1, 0.15) is 18.1 Å². The standard InChI is InChI=1S/C12H15F3O3S/c1-2-18-6-7-19(16,17)9-10-4-3-5-11(8-10)12(13,14)15/h3-5,8H,2,6-7,9H2,1H3. The predicted octanol–water partition coefficient (Wildman–Crippen LogP) is 2.66. The number of hydrogen-bond donors (Lipinski definition) is 0. The zero-order valence-corrected chi connectivity index (χ0v) is 11.2. The molecule has 0 saturated heterocycles. The van der Waals surface area contributed by atoms with Gasteiger partial charge >= 0.3 is 6.18 Å². The Hall–Kier alpha value is -1.08. The van der Waals surface area contributed by atoms with E-state index in [1.165, 1.54) is 12.1 Å². The highest BCUT2D eigenvalue weighted by molar-refractivity contribution is 7.90. The van der Waals surface area contributed by atoms with Crippen molar-refractivity contribution < 1.29 is 26.3 Å². The van der Waals surface area contributed by atoms with Gasteiger partial charge in [-0.2, -0.15) is 13.2 Å². The van der Waals surface area contributed by atoms with Crippen LogP contribution in [0.3, 0.4) is 0 Å². The molecule has 7 heteroatoms. The lowest BCUT2D eigenvalue weighted by Gasteiger charge is -2.09. The molecule has 0 fully saturated rings. The molecule has 0 amide bonds. The molecule has 0 radical (unpaired) electrons. The molecule has 108 valence electrons. The fraction of sp³-hybridized carbons (Fsp3) is 0.500. The largest absolute Gasteiger partial charge is 0.416 e. The van der Waals surface area contributed by atoms with E-state index in [1.807, 2.05) is 0 Å². The Morgan fingerprint density at radius 2 is 1.95 bits per heavy atom. The molecule has 3 nitrogen and oxygen atoms in total. The van der Waals surface area contributed by atoms with Gasteiger partial charge < -0.3 is 4.74 Å². The molecule has 0 saturated carbocycles. The van der Waals surface area contributed by atoms with Gasteiger partial charge in [0.05, 0.1) is 23.7 Å². The number of alkyl halides is 3. The van der Waals surface area contributed by atoms with Gasteiger partial charge in [-0.05, 0) is 18.6 Å². The van der Waals surface area contributed by atoms with Crippen LogP contribution in [0.15, 0.2) is 24.3 Å². The summed E-state index contributed by atoms with van der Waals surface area (Å²) in [5.41, 5.74) is -0.712. The predicted molar refractivity (Wildman–Crippen MR) is 65.4 cm³/mol. The van der Waals surface area contributed by atoms with Crippen molar-refractivity contribution >= 4 is 9.84 Å². The van der Waals surface area contributed by atoms with Crippen LogP contribution in [0, 0.1) is 0 Å². The molecule has 19 heavy (non-hydrogen) atoms. The van der Waals surface area contributed by atoms with E-state index in [9.17, 15) is 21.6 Å². The topological polar surface area (TPSA) is 43.4 Å². The first-order valence-electron chi connectivity index (χ1n) is 5.69. The van der Waals surface area contributed by atoms with Crippen molar-refractivity contribution in [1.82, 2.24) is 0 Å². The van der Waals surface area contributed by atoms with Gasteiger partial charge in [0, 0.05) is 6.61 Å². The fourth-order valence-corrected chi connectivity index (χ4v) is 2.70. The molecule has 0 aliphatic carbocycles. The van der Waals surface area contributed by atoms with Crippen molar-refractivity contribution in [2.24, 2.45) is 0 Å². The summed E-state index contributed by atoms with van der Waals surface area (Å²) in [6, 6.07) is 4.35. The molecule has 1 aromatic carbocycles. The Labute approximate surface area is 110 Å². The normalized spacial score (nSPS) is 12.6. The van der Waals surface area contributed by atoms with Crippen molar-refractivity contribution in [2.75, 3.05) is 19.0 Å². The average Bonchev–Trinajstić information content (AvgIpc) is 2.27. The lowest BCUT2D eigenvalue weighted by molar-refractivity contribution is -0.137. The van der Waals surface area contributed by atoms with Crippen LogP contribution in [0.25, 0.3) is 0 Å². The molecule has 0 aliphatic heterocycles. The maximum Gasteiger partial charge on any atom is 0.416 e. The van der Waals surface area contributed by atoms with Crippen LogP contribution >= 0.6 is 0 Å². The molecule has 1 aromatic rings. The van der Waals surface area contributed by atoms with Crippen molar-refractivity contribution in [3.05, 3.63) is 35.4 Å². The third kappa shape index (κ3) is 5.61. The number of benzene rings is 1. The lowest BCUT2D eigenvalue weighted by Crippen LogP contribution is -2.15. The van der Waals surface area contributed by atoms with Gasteiger partial charge in [-0.25, -0.2) is 8.42 Å². The van der Waals surface area contributed by atoms with Crippen LogP contribution in [0.5, 0.6) is 0 Å². The molecule has 0 spiro atoms. The van der Waals surface area contributed by atoms with Crippen molar-refractivity contribution in [3.63, 3.8) is 0 Å². The summed E-state index contributed by atoms with van der Waals surface area (Å²) in [5.74, 6) is -0.610. The summed E-state index contributed by atoms with van der Waals surface area (Å²) in [6.07, 6.45) is -4.47. The minimum atomic E-state index is -4.47. The first-order chi connectivity index (χ1) is 8.74. The van der Waals surface area contributed by atoms with E-state index in [-0.39, 0.29) is 17.9 Å². The second kappa shape index (κ2) is 6.38. The van der Waals surface area contributed by atoms with E-state index < -0.39 is 27.3 Å². The first kappa shape index (κ1) is 16.0. The van der Waals surface area contributed by atoms with Crippen LogP contribution in [-0.4, -0.2) is 27.4 Å². The quantitative estimate of drug-likeness (QED) is 0.758. The number of sulfone groups is 1. The zero-order chi connectivity index (χ0) is 14.5. The third-order valence-corrected chi connectivity index (χ3v) is 3.95. The summed E-state index contributed by atoms with van der Waals surface area (Å²) < 4.78 is 65.7. The summed E-state index contributed by atoms with van der Waals surface area (Å²) in [4.78, 5) is 0. The van der Waals surface area contributed by atoms with E-state index >= 15 is 0 Å². The second-order valence-electron chi connectivity index (χ2n) is 3.99. The van der Waals surface area contributed by atoms with Crippen molar-refractivity contribution in [2.45, 2.75) is 18.9 Å². The molecular formula is C12H15F3O3S. The summed E-state index contributed by atoms with van der Waals surface area (Å²) in [5, 5.41) is 0. The first-order valence-corrected chi connectivity index (χ1v) is 7.51. The maximum atomic E-state index is 12.5.